The van der Waals surface area contributed by atoms with E-state index in [9.17, 15) is 26.9 Å². The summed E-state index contributed by atoms with van der Waals surface area (Å²) in [7, 11) is -7.50. The second-order valence-corrected chi connectivity index (χ2v) is 11.7. The van der Waals surface area contributed by atoms with E-state index in [1.54, 1.807) is 11.8 Å². The lowest BCUT2D eigenvalue weighted by Crippen LogP contribution is -2.37. The number of ether oxygens (including phenoxy) is 1. The molecule has 1 aliphatic heterocycles. The summed E-state index contributed by atoms with van der Waals surface area (Å²) < 4.78 is 59.5. The fraction of sp³-hybridized carbons (Fsp3) is 0.700. The Balaban J connectivity index is 2.35. The van der Waals surface area contributed by atoms with Crippen molar-refractivity contribution in [3.05, 3.63) is 27.8 Å². The molecule has 1 fully saturated rings. The number of nitro groups is 1. The van der Waals surface area contributed by atoms with Crippen LogP contribution in [0.25, 0.3) is 0 Å². The molecule has 0 spiro atoms. The van der Waals surface area contributed by atoms with Gasteiger partial charge >= 0.3 is 0 Å². The van der Waals surface area contributed by atoms with Crippen molar-refractivity contribution >= 4 is 31.3 Å². The van der Waals surface area contributed by atoms with Gasteiger partial charge in [-0.05, 0) is 31.9 Å². The molecule has 13 heteroatoms. The van der Waals surface area contributed by atoms with E-state index in [2.05, 4.69) is 4.90 Å². The van der Waals surface area contributed by atoms with E-state index in [0.29, 0.717) is 50.4 Å². The largest absolute Gasteiger partial charge is 0.379 e. The normalized spacial score (nSPS) is 15.5. The number of nitrogens with zero attached hydrogens (tertiary/aromatic N) is 3. The molecule has 1 heterocycles. The van der Waals surface area contributed by atoms with Gasteiger partial charge in [0.1, 0.15) is 0 Å². The average Bonchev–Trinajstić information content (AvgIpc) is 2.72. The number of morpholine rings is 1. The molecular weight excluding hydrogens is 474 g/mol. The molecule has 188 valence electrons. The summed E-state index contributed by atoms with van der Waals surface area (Å²) in [5.74, 6) is -0.155. The van der Waals surface area contributed by atoms with Gasteiger partial charge in [-0.15, -0.1) is 0 Å². The van der Waals surface area contributed by atoms with Gasteiger partial charge in [-0.3, -0.25) is 19.2 Å². The van der Waals surface area contributed by atoms with Crippen LogP contribution in [-0.2, 0) is 28.9 Å². The van der Waals surface area contributed by atoms with E-state index in [4.69, 9.17) is 8.92 Å². The molecular formula is C20H33N3O8S2. The van der Waals surface area contributed by atoms with Crippen LogP contribution in [0.2, 0.25) is 0 Å². The Morgan fingerprint density at radius 2 is 1.85 bits per heavy atom. The predicted octanol–water partition coefficient (Wildman–Crippen LogP) is 1.59. The first-order valence-electron chi connectivity index (χ1n) is 10.9. The molecule has 1 saturated heterocycles. The number of anilines is 1. The second-order valence-electron chi connectivity index (χ2n) is 8.01. The molecule has 1 aromatic rings. The standard InChI is InChI=1S/C20H33N3O8S2/c1-4-6-22(10-13-31-32(3,26)27)20-17(2)15-18(23(24)25)16-19(20)33(28,29)14-5-7-21-8-11-30-12-9-21/h15-16H,4-14H2,1-3H3. The molecule has 11 nitrogen and oxygen atoms in total. The van der Waals surface area contributed by atoms with Crippen molar-refractivity contribution in [3.8, 4) is 0 Å². The minimum absolute atomic E-state index is 0.107. The number of hydrogen-bond acceptors (Lipinski definition) is 10. The maximum atomic E-state index is 13.3. The number of nitro benzene ring substituents is 1. The zero-order chi connectivity index (χ0) is 24.6. The van der Waals surface area contributed by atoms with Crippen molar-refractivity contribution in [3.63, 3.8) is 0 Å². The van der Waals surface area contributed by atoms with Gasteiger partial charge in [0.15, 0.2) is 9.84 Å². The first kappa shape index (κ1) is 27.4. The Morgan fingerprint density at radius 1 is 1.18 bits per heavy atom. The molecule has 0 atom stereocenters. The minimum Gasteiger partial charge on any atom is -0.379 e. The molecule has 0 bridgehead atoms. The predicted molar refractivity (Wildman–Crippen MR) is 125 cm³/mol. The number of hydrogen-bond donors (Lipinski definition) is 0. The van der Waals surface area contributed by atoms with Crippen LogP contribution in [0.15, 0.2) is 17.0 Å². The lowest BCUT2D eigenvalue weighted by atomic mass is 10.1. The van der Waals surface area contributed by atoms with Crippen molar-refractivity contribution in [2.24, 2.45) is 0 Å². The smallest absolute Gasteiger partial charge is 0.271 e. The molecule has 1 aromatic carbocycles. The SMILES string of the molecule is CCCN(CCOS(C)(=O)=O)c1c(C)cc([N+](=O)[O-])cc1S(=O)(=O)CCCN1CCOCC1. The first-order valence-corrected chi connectivity index (χ1v) is 14.3. The third kappa shape index (κ3) is 8.49. The van der Waals surface area contributed by atoms with E-state index in [1.807, 2.05) is 6.92 Å². The van der Waals surface area contributed by atoms with E-state index < -0.39 is 24.9 Å². The highest BCUT2D eigenvalue weighted by atomic mass is 32.2. The van der Waals surface area contributed by atoms with Gasteiger partial charge in [-0.25, -0.2) is 8.42 Å². The molecule has 0 unspecified atom stereocenters. The lowest BCUT2D eigenvalue weighted by Gasteiger charge is -2.28. The van der Waals surface area contributed by atoms with Crippen molar-refractivity contribution in [2.75, 3.05) is 69.5 Å². The molecule has 0 amide bonds. The summed E-state index contributed by atoms with van der Waals surface area (Å²) in [6.45, 7) is 7.22. The third-order valence-electron chi connectivity index (χ3n) is 5.26. The van der Waals surface area contributed by atoms with Crippen LogP contribution in [0, 0.1) is 17.0 Å². The van der Waals surface area contributed by atoms with Gasteiger partial charge in [-0.1, -0.05) is 6.92 Å². The van der Waals surface area contributed by atoms with E-state index in [-0.39, 0.29) is 29.5 Å². The quantitative estimate of drug-likeness (QED) is 0.220. The number of sulfone groups is 1. The third-order valence-corrected chi connectivity index (χ3v) is 7.66. The number of aryl methyl sites for hydroxylation is 1. The number of rotatable bonds is 13. The van der Waals surface area contributed by atoms with Crippen LogP contribution in [0.4, 0.5) is 11.4 Å². The molecule has 0 aliphatic carbocycles. The Kier molecular flexibility index (Phi) is 10.0. The average molecular weight is 508 g/mol. The molecule has 0 saturated carbocycles. The molecule has 0 N–H and O–H groups in total. The summed E-state index contributed by atoms with van der Waals surface area (Å²) in [4.78, 5) is 14.6. The maximum absolute atomic E-state index is 13.3. The molecule has 0 radical (unpaired) electrons. The van der Waals surface area contributed by atoms with Gasteiger partial charge in [-0.2, -0.15) is 8.42 Å². The van der Waals surface area contributed by atoms with Gasteiger partial charge in [0.25, 0.3) is 15.8 Å². The monoisotopic (exact) mass is 507 g/mol. The molecule has 2 rings (SSSR count). The summed E-state index contributed by atoms with van der Waals surface area (Å²) in [6.07, 6.45) is 1.99. The van der Waals surface area contributed by atoms with E-state index >= 15 is 0 Å². The van der Waals surface area contributed by atoms with E-state index in [0.717, 1.165) is 25.4 Å². The van der Waals surface area contributed by atoms with Crippen molar-refractivity contribution < 1.29 is 30.7 Å². The summed E-state index contributed by atoms with van der Waals surface area (Å²) in [5.41, 5.74) is 0.488. The van der Waals surface area contributed by atoms with Crippen LogP contribution < -0.4 is 4.90 Å². The molecule has 33 heavy (non-hydrogen) atoms. The van der Waals surface area contributed by atoms with Crippen LogP contribution in [0.3, 0.4) is 0 Å². The first-order chi connectivity index (χ1) is 15.4. The summed E-state index contributed by atoms with van der Waals surface area (Å²) in [5, 5.41) is 11.4. The Labute approximate surface area is 195 Å². The fourth-order valence-electron chi connectivity index (χ4n) is 3.79. The number of benzene rings is 1. The topological polar surface area (TPSA) is 136 Å². The fourth-order valence-corrected chi connectivity index (χ4v) is 5.78. The highest BCUT2D eigenvalue weighted by Gasteiger charge is 2.27. The van der Waals surface area contributed by atoms with E-state index in [1.165, 1.54) is 6.07 Å². The highest BCUT2D eigenvalue weighted by Crippen LogP contribution is 2.34. The highest BCUT2D eigenvalue weighted by molar-refractivity contribution is 7.91. The Bertz CT molecular complexity index is 1020. The zero-order valence-electron chi connectivity index (χ0n) is 19.4. The van der Waals surface area contributed by atoms with Crippen molar-refractivity contribution in [1.82, 2.24) is 4.90 Å². The van der Waals surface area contributed by atoms with Gasteiger partial charge < -0.3 is 9.64 Å². The Hall–Kier alpha value is -1.80. The summed E-state index contributed by atoms with van der Waals surface area (Å²) in [6, 6.07) is 2.44. The van der Waals surface area contributed by atoms with Crippen LogP contribution >= 0.6 is 0 Å². The second kappa shape index (κ2) is 12.1. The van der Waals surface area contributed by atoms with Crippen LogP contribution in [0.5, 0.6) is 0 Å². The van der Waals surface area contributed by atoms with Gasteiger partial charge in [0.2, 0.25) is 0 Å². The molecule has 0 aromatic heterocycles. The molecule has 1 aliphatic rings. The van der Waals surface area contributed by atoms with Gasteiger partial charge in [0, 0.05) is 38.3 Å². The van der Waals surface area contributed by atoms with Crippen molar-refractivity contribution in [2.45, 2.75) is 31.6 Å². The lowest BCUT2D eigenvalue weighted by molar-refractivity contribution is -0.385. The van der Waals surface area contributed by atoms with Crippen LogP contribution in [-0.4, -0.2) is 91.2 Å². The maximum Gasteiger partial charge on any atom is 0.271 e. The summed E-state index contributed by atoms with van der Waals surface area (Å²) >= 11 is 0. The van der Waals surface area contributed by atoms with Crippen molar-refractivity contribution in [1.29, 1.82) is 0 Å². The Morgan fingerprint density at radius 3 is 2.42 bits per heavy atom. The van der Waals surface area contributed by atoms with Crippen LogP contribution in [0.1, 0.15) is 25.3 Å². The number of non-ortho nitro benzene ring substituents is 1. The zero-order valence-corrected chi connectivity index (χ0v) is 21.0. The minimum atomic E-state index is -3.85. The van der Waals surface area contributed by atoms with Gasteiger partial charge in [0.05, 0.1) is 47.3 Å².